The van der Waals surface area contributed by atoms with Crippen molar-refractivity contribution in [3.8, 4) is 17.2 Å². The largest absolute Gasteiger partial charge is 0.496 e. The number of Topliss-reactive ketones (excluding diaryl/α,β-unsaturated/α-hetero) is 1. The number of benzene rings is 1. The third kappa shape index (κ3) is 2.88. The quantitative estimate of drug-likeness (QED) is 0.775. The average Bonchev–Trinajstić information content (AvgIpc) is 2.53. The molecule has 0 N–H and O–H groups in total. The maximum Gasteiger partial charge on any atom is 0.169 e. The van der Waals surface area contributed by atoms with Gasteiger partial charge in [0.05, 0.1) is 26.9 Å². The molecule has 1 aromatic rings. The number of hydrogen-bond acceptors (Lipinski definition) is 5. The number of methoxy groups -OCH3 is 3. The van der Waals surface area contributed by atoms with Crippen LogP contribution in [-0.2, 0) is 4.74 Å². The molecule has 0 unspecified atom stereocenters. The van der Waals surface area contributed by atoms with E-state index < -0.39 is 0 Å². The highest BCUT2D eigenvalue weighted by Crippen LogP contribution is 2.36. The molecule has 0 aromatic heterocycles. The summed E-state index contributed by atoms with van der Waals surface area (Å²) in [5.74, 6) is 1.65. The maximum atomic E-state index is 12.6. The Hall–Kier alpha value is -1.75. The second-order valence-electron chi connectivity index (χ2n) is 4.66. The van der Waals surface area contributed by atoms with Crippen molar-refractivity contribution >= 4 is 5.78 Å². The molecule has 0 atom stereocenters. The van der Waals surface area contributed by atoms with Crippen LogP contribution in [0.15, 0.2) is 12.1 Å². The molecule has 2 rings (SSSR count). The van der Waals surface area contributed by atoms with Crippen LogP contribution in [0.1, 0.15) is 23.2 Å². The van der Waals surface area contributed by atoms with Gasteiger partial charge in [-0.15, -0.1) is 0 Å². The molecule has 1 heterocycles. The first-order valence-corrected chi connectivity index (χ1v) is 6.63. The Morgan fingerprint density at radius 2 is 1.55 bits per heavy atom. The van der Waals surface area contributed by atoms with Crippen molar-refractivity contribution in [1.82, 2.24) is 0 Å². The van der Waals surface area contributed by atoms with E-state index in [2.05, 4.69) is 0 Å². The van der Waals surface area contributed by atoms with Gasteiger partial charge in [-0.05, 0) is 18.9 Å². The molecular formula is C15H20O5. The molecule has 0 bridgehead atoms. The van der Waals surface area contributed by atoms with Gasteiger partial charge in [0.1, 0.15) is 5.75 Å². The van der Waals surface area contributed by atoms with Crippen LogP contribution in [0.3, 0.4) is 0 Å². The fourth-order valence-corrected chi connectivity index (χ4v) is 2.40. The minimum absolute atomic E-state index is 0.0178. The van der Waals surface area contributed by atoms with Crippen LogP contribution in [0, 0.1) is 5.92 Å². The zero-order valence-corrected chi connectivity index (χ0v) is 12.1. The van der Waals surface area contributed by atoms with Crippen molar-refractivity contribution in [2.75, 3.05) is 34.5 Å². The lowest BCUT2D eigenvalue weighted by molar-refractivity contribution is 0.0543. The summed E-state index contributed by atoms with van der Waals surface area (Å²) in [7, 11) is 4.65. The summed E-state index contributed by atoms with van der Waals surface area (Å²) in [5.41, 5.74) is 0.539. The van der Waals surface area contributed by atoms with Gasteiger partial charge < -0.3 is 18.9 Å². The van der Waals surface area contributed by atoms with Gasteiger partial charge in [0.15, 0.2) is 17.3 Å². The molecule has 1 aromatic carbocycles. The van der Waals surface area contributed by atoms with E-state index in [-0.39, 0.29) is 11.7 Å². The molecule has 1 aliphatic heterocycles. The van der Waals surface area contributed by atoms with E-state index in [1.807, 2.05) is 0 Å². The zero-order chi connectivity index (χ0) is 14.5. The highest BCUT2D eigenvalue weighted by Gasteiger charge is 2.26. The number of rotatable bonds is 5. The van der Waals surface area contributed by atoms with Crippen molar-refractivity contribution < 1.29 is 23.7 Å². The first-order valence-electron chi connectivity index (χ1n) is 6.63. The normalized spacial score (nSPS) is 15.8. The Labute approximate surface area is 118 Å². The molecule has 0 aliphatic carbocycles. The van der Waals surface area contributed by atoms with Crippen molar-refractivity contribution in [2.45, 2.75) is 12.8 Å². The lowest BCUT2D eigenvalue weighted by Gasteiger charge is -2.22. The van der Waals surface area contributed by atoms with E-state index >= 15 is 0 Å². The van der Waals surface area contributed by atoms with Crippen LogP contribution in [0.25, 0.3) is 0 Å². The van der Waals surface area contributed by atoms with Gasteiger partial charge in [-0.1, -0.05) is 0 Å². The fourth-order valence-electron chi connectivity index (χ4n) is 2.40. The number of ether oxygens (including phenoxy) is 4. The Kier molecular flexibility index (Phi) is 4.84. The van der Waals surface area contributed by atoms with Crippen LogP contribution in [0.5, 0.6) is 17.2 Å². The van der Waals surface area contributed by atoms with E-state index in [1.54, 1.807) is 33.5 Å². The highest BCUT2D eigenvalue weighted by molar-refractivity contribution is 6.01. The predicted octanol–water partition coefficient (Wildman–Crippen LogP) is 2.32. The molecule has 0 amide bonds. The van der Waals surface area contributed by atoms with Crippen LogP contribution < -0.4 is 14.2 Å². The smallest absolute Gasteiger partial charge is 0.169 e. The summed E-state index contributed by atoms with van der Waals surface area (Å²) < 4.78 is 21.1. The average molecular weight is 280 g/mol. The first kappa shape index (κ1) is 14.7. The Morgan fingerprint density at radius 3 is 2.10 bits per heavy atom. The number of ketones is 1. The molecule has 1 saturated heterocycles. The summed E-state index contributed by atoms with van der Waals surface area (Å²) in [4.78, 5) is 12.6. The Bertz CT molecular complexity index is 477. The molecule has 0 spiro atoms. The van der Waals surface area contributed by atoms with E-state index in [1.165, 1.54) is 0 Å². The van der Waals surface area contributed by atoms with Crippen LogP contribution >= 0.6 is 0 Å². The lowest BCUT2D eigenvalue weighted by atomic mass is 9.90. The number of hydrogen-bond donors (Lipinski definition) is 0. The number of carbonyl (C=O) groups excluding carboxylic acids is 1. The van der Waals surface area contributed by atoms with Crippen molar-refractivity contribution in [3.05, 3.63) is 17.7 Å². The minimum atomic E-state index is -0.0178. The van der Waals surface area contributed by atoms with Gasteiger partial charge in [-0.25, -0.2) is 0 Å². The zero-order valence-electron chi connectivity index (χ0n) is 12.1. The SMILES string of the molecule is COc1cc(OC)c(C(=O)C2CCOCC2)cc1OC. The van der Waals surface area contributed by atoms with Crippen molar-refractivity contribution in [2.24, 2.45) is 5.92 Å². The van der Waals surface area contributed by atoms with Gasteiger partial charge in [-0.2, -0.15) is 0 Å². The summed E-state index contributed by atoms with van der Waals surface area (Å²) >= 11 is 0. The molecule has 0 saturated carbocycles. The molecule has 5 heteroatoms. The minimum Gasteiger partial charge on any atom is -0.496 e. The lowest BCUT2D eigenvalue weighted by Crippen LogP contribution is -2.24. The van der Waals surface area contributed by atoms with Gasteiger partial charge in [0.25, 0.3) is 0 Å². The third-order valence-corrected chi connectivity index (χ3v) is 3.56. The summed E-state index contributed by atoms with van der Waals surface area (Å²) in [6.45, 7) is 1.26. The van der Waals surface area contributed by atoms with Crippen LogP contribution in [0.2, 0.25) is 0 Å². The van der Waals surface area contributed by atoms with E-state index in [0.29, 0.717) is 36.0 Å². The standard InChI is InChI=1S/C15H20O5/c1-17-12-9-14(19-3)13(18-2)8-11(12)15(16)10-4-6-20-7-5-10/h8-10H,4-7H2,1-3H3. The molecule has 1 aliphatic rings. The highest BCUT2D eigenvalue weighted by atomic mass is 16.5. The molecule has 1 fully saturated rings. The van der Waals surface area contributed by atoms with Gasteiger partial charge in [0, 0.05) is 25.2 Å². The van der Waals surface area contributed by atoms with Crippen LogP contribution in [-0.4, -0.2) is 40.3 Å². The van der Waals surface area contributed by atoms with Gasteiger partial charge >= 0.3 is 0 Å². The van der Waals surface area contributed by atoms with E-state index in [0.717, 1.165) is 12.8 Å². The van der Waals surface area contributed by atoms with Crippen molar-refractivity contribution in [3.63, 3.8) is 0 Å². The van der Waals surface area contributed by atoms with E-state index in [9.17, 15) is 4.79 Å². The maximum absolute atomic E-state index is 12.6. The topological polar surface area (TPSA) is 54.0 Å². The Balaban J connectivity index is 2.35. The summed E-state index contributed by atoms with van der Waals surface area (Å²) in [6.07, 6.45) is 1.49. The summed E-state index contributed by atoms with van der Waals surface area (Å²) in [5, 5.41) is 0. The van der Waals surface area contributed by atoms with Crippen molar-refractivity contribution in [1.29, 1.82) is 0 Å². The second-order valence-corrected chi connectivity index (χ2v) is 4.66. The summed E-state index contributed by atoms with van der Waals surface area (Å²) in [6, 6.07) is 3.38. The van der Waals surface area contributed by atoms with E-state index in [4.69, 9.17) is 18.9 Å². The molecule has 5 nitrogen and oxygen atoms in total. The molecule has 0 radical (unpaired) electrons. The second kappa shape index (κ2) is 6.61. The molecule has 20 heavy (non-hydrogen) atoms. The first-order chi connectivity index (χ1) is 9.71. The monoisotopic (exact) mass is 280 g/mol. The van der Waals surface area contributed by atoms with Gasteiger partial charge in [-0.3, -0.25) is 4.79 Å². The predicted molar refractivity (Wildman–Crippen MR) is 74.0 cm³/mol. The third-order valence-electron chi connectivity index (χ3n) is 3.56. The van der Waals surface area contributed by atoms with Gasteiger partial charge in [0.2, 0.25) is 0 Å². The molecule has 110 valence electrons. The number of carbonyl (C=O) groups is 1. The fraction of sp³-hybridized carbons (Fsp3) is 0.533. The van der Waals surface area contributed by atoms with Crippen LogP contribution in [0.4, 0.5) is 0 Å². The molecular weight excluding hydrogens is 260 g/mol. The Morgan fingerprint density at radius 1 is 1.00 bits per heavy atom.